The number of hydrogen-bond donors (Lipinski definition) is 1. The Morgan fingerprint density at radius 2 is 2.22 bits per heavy atom. The Morgan fingerprint density at radius 1 is 1.56 bits per heavy atom. The summed E-state index contributed by atoms with van der Waals surface area (Å²) in [5, 5.41) is 3.03. The molecule has 98 valence electrons. The molecule has 0 aliphatic carbocycles. The van der Waals surface area contributed by atoms with E-state index in [1.807, 2.05) is 24.9 Å². The van der Waals surface area contributed by atoms with Gasteiger partial charge >= 0.3 is 0 Å². The highest BCUT2D eigenvalue weighted by Gasteiger charge is 2.14. The average molecular weight is 269 g/mol. The fraction of sp³-hybridized carbons (Fsp3) is 0.385. The lowest BCUT2D eigenvalue weighted by Crippen LogP contribution is -2.34. The molecule has 5 heteroatoms. The van der Waals surface area contributed by atoms with Crippen LogP contribution in [0.3, 0.4) is 0 Å². The van der Waals surface area contributed by atoms with Crippen LogP contribution in [0.4, 0.5) is 5.69 Å². The lowest BCUT2D eigenvalue weighted by atomic mass is 10.1. The van der Waals surface area contributed by atoms with Gasteiger partial charge < -0.3 is 10.2 Å². The summed E-state index contributed by atoms with van der Waals surface area (Å²) in [6.45, 7) is 2.44. The number of hydrogen-bond acceptors (Lipinski definition) is 3. The first-order valence-electron chi connectivity index (χ1n) is 5.67. The molecule has 0 aliphatic rings. The largest absolute Gasteiger partial charge is 0.374 e. The number of amides is 1. The molecule has 1 N–H and O–H groups in total. The molecule has 18 heavy (non-hydrogen) atoms. The summed E-state index contributed by atoms with van der Waals surface area (Å²) in [6, 6.07) is 5.21. The van der Waals surface area contributed by atoms with Crippen molar-refractivity contribution in [2.24, 2.45) is 5.92 Å². The van der Waals surface area contributed by atoms with E-state index in [0.717, 1.165) is 12.0 Å². The summed E-state index contributed by atoms with van der Waals surface area (Å²) in [7, 11) is 3.50. The van der Waals surface area contributed by atoms with E-state index >= 15 is 0 Å². The molecule has 0 aromatic heterocycles. The highest BCUT2D eigenvalue weighted by atomic mass is 35.5. The van der Waals surface area contributed by atoms with Gasteiger partial charge in [0.15, 0.2) is 6.29 Å². The summed E-state index contributed by atoms with van der Waals surface area (Å²) >= 11 is 5.96. The molecule has 0 aliphatic heterocycles. The quantitative estimate of drug-likeness (QED) is 0.831. The Morgan fingerprint density at radius 3 is 2.72 bits per heavy atom. The third kappa shape index (κ3) is 3.47. The van der Waals surface area contributed by atoms with Gasteiger partial charge in [-0.1, -0.05) is 18.5 Å². The molecule has 0 spiro atoms. The normalized spacial score (nSPS) is 11.8. The second-order valence-corrected chi connectivity index (χ2v) is 4.63. The summed E-state index contributed by atoms with van der Waals surface area (Å²) in [6.07, 6.45) is 0.721. The van der Waals surface area contributed by atoms with Crippen molar-refractivity contribution in [3.63, 3.8) is 0 Å². The van der Waals surface area contributed by atoms with Gasteiger partial charge in [0.25, 0.3) is 0 Å². The highest BCUT2D eigenvalue weighted by molar-refractivity contribution is 6.33. The van der Waals surface area contributed by atoms with Crippen LogP contribution < -0.4 is 10.2 Å². The number of carbonyl (C=O) groups excluding carboxylic acids is 2. The maximum absolute atomic E-state index is 11.4. The molecule has 1 aromatic carbocycles. The molecule has 1 amide bonds. The summed E-state index contributed by atoms with van der Waals surface area (Å²) < 4.78 is 0. The van der Waals surface area contributed by atoms with Crippen LogP contribution in [0.1, 0.15) is 17.3 Å². The highest BCUT2D eigenvalue weighted by Crippen LogP contribution is 2.22. The molecule has 0 saturated heterocycles. The van der Waals surface area contributed by atoms with Gasteiger partial charge in [-0.05, 0) is 18.2 Å². The Bertz CT molecular complexity index is 449. The lowest BCUT2D eigenvalue weighted by Gasteiger charge is -2.23. The molecular weight excluding hydrogens is 252 g/mol. The molecule has 0 saturated carbocycles. The zero-order valence-electron chi connectivity index (χ0n) is 10.7. The Balaban J connectivity index is 2.78. The fourth-order valence-electron chi connectivity index (χ4n) is 1.69. The molecule has 0 heterocycles. The van der Waals surface area contributed by atoms with Crippen molar-refractivity contribution in [2.45, 2.75) is 6.92 Å². The van der Waals surface area contributed by atoms with Crippen LogP contribution in [0.2, 0.25) is 5.02 Å². The molecule has 0 fully saturated rings. The Kier molecular flexibility index (Phi) is 5.16. The third-order valence-electron chi connectivity index (χ3n) is 2.79. The van der Waals surface area contributed by atoms with Crippen LogP contribution in [-0.2, 0) is 4.79 Å². The maximum atomic E-state index is 11.4. The predicted octanol–water partition coefficient (Wildman–Crippen LogP) is 1.97. The first kappa shape index (κ1) is 14.5. The molecule has 0 bridgehead atoms. The molecule has 1 unspecified atom stereocenters. The maximum Gasteiger partial charge on any atom is 0.224 e. The van der Waals surface area contributed by atoms with Crippen LogP contribution in [0, 0.1) is 5.92 Å². The van der Waals surface area contributed by atoms with Crippen molar-refractivity contribution in [3.05, 3.63) is 28.8 Å². The zero-order chi connectivity index (χ0) is 13.7. The van der Waals surface area contributed by atoms with E-state index in [2.05, 4.69) is 5.32 Å². The monoisotopic (exact) mass is 268 g/mol. The van der Waals surface area contributed by atoms with Crippen molar-refractivity contribution in [2.75, 3.05) is 25.5 Å². The molecule has 1 atom stereocenters. The first-order valence-corrected chi connectivity index (χ1v) is 6.04. The minimum atomic E-state index is -0.121. The van der Waals surface area contributed by atoms with Crippen LogP contribution in [0.5, 0.6) is 0 Å². The van der Waals surface area contributed by atoms with Gasteiger partial charge in [-0.25, -0.2) is 0 Å². The number of aldehydes is 1. The van der Waals surface area contributed by atoms with Crippen molar-refractivity contribution >= 4 is 29.5 Å². The topological polar surface area (TPSA) is 49.4 Å². The van der Waals surface area contributed by atoms with E-state index in [1.54, 1.807) is 19.2 Å². The summed E-state index contributed by atoms with van der Waals surface area (Å²) in [4.78, 5) is 24.0. The van der Waals surface area contributed by atoms with Gasteiger partial charge in [-0.3, -0.25) is 9.59 Å². The molecule has 0 radical (unpaired) electrons. The smallest absolute Gasteiger partial charge is 0.224 e. The summed E-state index contributed by atoms with van der Waals surface area (Å²) in [5.41, 5.74) is 1.34. The number of nitrogens with zero attached hydrogens (tertiary/aromatic N) is 1. The van der Waals surface area contributed by atoms with Gasteiger partial charge in [0.05, 0.1) is 10.9 Å². The molecule has 1 aromatic rings. The van der Waals surface area contributed by atoms with Gasteiger partial charge in [-0.2, -0.15) is 0 Å². The zero-order valence-corrected chi connectivity index (χ0v) is 11.5. The van der Waals surface area contributed by atoms with E-state index in [9.17, 15) is 9.59 Å². The number of anilines is 1. The second-order valence-electron chi connectivity index (χ2n) is 4.22. The lowest BCUT2D eigenvalue weighted by molar-refractivity contribution is -0.123. The van der Waals surface area contributed by atoms with E-state index < -0.39 is 0 Å². The predicted molar refractivity (Wildman–Crippen MR) is 73.3 cm³/mol. The Hall–Kier alpha value is -1.55. The Labute approximate surface area is 112 Å². The molecule has 1 rings (SSSR count). The minimum Gasteiger partial charge on any atom is -0.374 e. The van der Waals surface area contributed by atoms with Crippen molar-refractivity contribution < 1.29 is 9.59 Å². The third-order valence-corrected chi connectivity index (χ3v) is 3.12. The van der Waals surface area contributed by atoms with Gasteiger partial charge in [0.1, 0.15) is 0 Å². The van der Waals surface area contributed by atoms with Crippen LogP contribution in [0.25, 0.3) is 0 Å². The number of halogens is 1. The minimum absolute atomic E-state index is 0.00235. The van der Waals surface area contributed by atoms with Crippen molar-refractivity contribution in [1.29, 1.82) is 0 Å². The van der Waals surface area contributed by atoms with Gasteiger partial charge in [-0.15, -0.1) is 0 Å². The fourth-order valence-corrected chi connectivity index (χ4v) is 1.91. The average Bonchev–Trinajstić information content (AvgIpc) is 2.37. The second kappa shape index (κ2) is 6.40. The number of rotatable bonds is 5. The van der Waals surface area contributed by atoms with Crippen molar-refractivity contribution in [3.8, 4) is 0 Å². The van der Waals surface area contributed by atoms with Gasteiger partial charge in [0.2, 0.25) is 5.91 Å². The first-order chi connectivity index (χ1) is 8.49. The van der Waals surface area contributed by atoms with E-state index in [1.165, 1.54) is 0 Å². The van der Waals surface area contributed by atoms with Crippen LogP contribution in [0.15, 0.2) is 18.2 Å². The van der Waals surface area contributed by atoms with Crippen LogP contribution in [-0.4, -0.2) is 32.8 Å². The standard InChI is InChI=1S/C13H17ClN2O2/c1-9(13(18)15-2)7-16(3)11-5-4-10(8-17)12(14)6-11/h4-6,8-9H,7H2,1-3H3,(H,15,18). The van der Waals surface area contributed by atoms with Crippen molar-refractivity contribution in [1.82, 2.24) is 5.32 Å². The van der Waals surface area contributed by atoms with E-state index in [-0.39, 0.29) is 11.8 Å². The van der Waals surface area contributed by atoms with Crippen LogP contribution >= 0.6 is 11.6 Å². The summed E-state index contributed by atoms with van der Waals surface area (Å²) in [5.74, 6) is -0.123. The number of carbonyl (C=O) groups is 2. The SMILES string of the molecule is CNC(=O)C(C)CN(C)c1ccc(C=O)c(Cl)c1. The molecular formula is C13H17ClN2O2. The van der Waals surface area contributed by atoms with E-state index in [4.69, 9.17) is 11.6 Å². The van der Waals surface area contributed by atoms with E-state index in [0.29, 0.717) is 17.1 Å². The number of nitrogens with one attached hydrogen (secondary N) is 1. The van der Waals surface area contributed by atoms with Gasteiger partial charge in [0, 0.05) is 31.9 Å². The molecule has 4 nitrogen and oxygen atoms in total. The number of benzene rings is 1.